The number of benzene rings is 3. The molecule has 7 nitrogen and oxygen atoms in total. The fourth-order valence-electron chi connectivity index (χ4n) is 5.69. The fraction of sp³-hybridized carbons (Fsp3) is 0.345. The van der Waals surface area contributed by atoms with Gasteiger partial charge in [-0.25, -0.2) is 13.2 Å². The van der Waals surface area contributed by atoms with Gasteiger partial charge < -0.3 is 14.6 Å². The number of aliphatic carboxylic acids is 1. The van der Waals surface area contributed by atoms with Crippen molar-refractivity contribution in [3.8, 4) is 22.6 Å². The van der Waals surface area contributed by atoms with E-state index in [4.69, 9.17) is 14.6 Å². The second-order valence-electron chi connectivity index (χ2n) is 9.93. The number of rotatable bonds is 7. The number of hydrogen-bond donors (Lipinski definition) is 1. The van der Waals surface area contributed by atoms with Crippen LogP contribution in [0.4, 0.5) is 5.69 Å². The third kappa shape index (κ3) is 4.66. The molecule has 1 aliphatic heterocycles. The molecule has 37 heavy (non-hydrogen) atoms. The lowest BCUT2D eigenvalue weighted by molar-refractivity contribution is -0.139. The van der Waals surface area contributed by atoms with Gasteiger partial charge in [-0.3, -0.25) is 4.31 Å². The van der Waals surface area contributed by atoms with Gasteiger partial charge in [-0.05, 0) is 84.5 Å². The Morgan fingerprint density at radius 2 is 1.76 bits per heavy atom. The molecule has 3 aromatic carbocycles. The largest absolute Gasteiger partial charge is 0.497 e. The van der Waals surface area contributed by atoms with Gasteiger partial charge in [0.1, 0.15) is 11.5 Å². The second-order valence-corrected chi connectivity index (χ2v) is 11.8. The molecule has 0 saturated heterocycles. The molecule has 8 heteroatoms. The summed E-state index contributed by atoms with van der Waals surface area (Å²) in [5.41, 5.74) is 4.25. The van der Waals surface area contributed by atoms with Crippen LogP contribution in [0.2, 0.25) is 0 Å². The summed E-state index contributed by atoms with van der Waals surface area (Å²) in [7, 11) is -2.20. The third-order valence-electron chi connectivity index (χ3n) is 7.58. The molecule has 1 heterocycles. The summed E-state index contributed by atoms with van der Waals surface area (Å²) in [5, 5.41) is 8.89. The average molecular weight is 522 g/mol. The number of methoxy groups -OCH3 is 1. The SMILES string of the molecule is COc1cccc(-c2ccc3c(c2)C2(CCCCC2)CN3S(=O)(=O)c2ccc(OCC(=O)O)c(C)c2)c1. The number of ether oxygens (including phenoxy) is 2. The number of aryl methyl sites for hydroxylation is 1. The van der Waals surface area contributed by atoms with Crippen LogP contribution in [0.15, 0.2) is 65.6 Å². The van der Waals surface area contributed by atoms with Gasteiger partial charge in [0.05, 0.1) is 17.7 Å². The highest BCUT2D eigenvalue weighted by molar-refractivity contribution is 7.92. The van der Waals surface area contributed by atoms with Crippen molar-refractivity contribution in [1.29, 1.82) is 0 Å². The molecule has 1 saturated carbocycles. The normalized spacial score (nSPS) is 16.4. The van der Waals surface area contributed by atoms with E-state index in [0.29, 0.717) is 17.9 Å². The van der Waals surface area contributed by atoms with Crippen molar-refractivity contribution in [3.05, 3.63) is 71.8 Å². The first kappa shape index (κ1) is 25.1. The molecule has 0 unspecified atom stereocenters. The van der Waals surface area contributed by atoms with E-state index in [-0.39, 0.29) is 10.3 Å². The molecule has 5 rings (SSSR count). The highest BCUT2D eigenvalue weighted by atomic mass is 32.2. The van der Waals surface area contributed by atoms with Crippen LogP contribution < -0.4 is 13.8 Å². The maximum Gasteiger partial charge on any atom is 0.341 e. The van der Waals surface area contributed by atoms with Crippen LogP contribution >= 0.6 is 0 Å². The lowest BCUT2D eigenvalue weighted by Gasteiger charge is -2.34. The molecule has 1 spiro atoms. The second kappa shape index (κ2) is 9.74. The van der Waals surface area contributed by atoms with Gasteiger partial charge in [0.2, 0.25) is 0 Å². The molecule has 2 aliphatic rings. The highest BCUT2D eigenvalue weighted by Crippen LogP contribution is 2.51. The Morgan fingerprint density at radius 1 is 1.00 bits per heavy atom. The van der Waals surface area contributed by atoms with E-state index in [1.165, 1.54) is 12.1 Å². The van der Waals surface area contributed by atoms with Crippen LogP contribution in [0, 0.1) is 6.92 Å². The Bertz CT molecular complexity index is 1440. The zero-order chi connectivity index (χ0) is 26.2. The minimum Gasteiger partial charge on any atom is -0.497 e. The predicted octanol–water partition coefficient (Wildman–Crippen LogP) is 5.54. The van der Waals surface area contributed by atoms with Crippen molar-refractivity contribution in [1.82, 2.24) is 0 Å². The third-order valence-corrected chi connectivity index (χ3v) is 9.34. The van der Waals surface area contributed by atoms with Gasteiger partial charge >= 0.3 is 5.97 Å². The maximum absolute atomic E-state index is 14.0. The number of carboxylic acid groups (broad SMARTS) is 1. The molecular weight excluding hydrogens is 490 g/mol. The number of fused-ring (bicyclic) bond motifs is 2. The van der Waals surface area contributed by atoms with Gasteiger partial charge in [-0.2, -0.15) is 0 Å². The molecule has 0 amide bonds. The van der Waals surface area contributed by atoms with Gasteiger partial charge in [0.15, 0.2) is 6.61 Å². The van der Waals surface area contributed by atoms with Crippen molar-refractivity contribution in [2.75, 3.05) is 24.6 Å². The first-order valence-corrected chi connectivity index (χ1v) is 13.9. The molecule has 1 aliphatic carbocycles. The number of hydrogen-bond acceptors (Lipinski definition) is 5. The molecule has 194 valence electrons. The van der Waals surface area contributed by atoms with E-state index < -0.39 is 22.6 Å². The number of anilines is 1. The van der Waals surface area contributed by atoms with Crippen LogP contribution in [0.3, 0.4) is 0 Å². The van der Waals surface area contributed by atoms with Crippen LogP contribution in [0.1, 0.15) is 43.2 Å². The molecule has 3 aromatic rings. The molecule has 0 atom stereocenters. The molecule has 0 radical (unpaired) electrons. The molecule has 1 fully saturated rings. The van der Waals surface area contributed by atoms with Crippen LogP contribution in [-0.2, 0) is 20.2 Å². The van der Waals surface area contributed by atoms with E-state index in [1.807, 2.05) is 36.4 Å². The standard InChI is InChI=1S/C29H31NO6S/c1-20-15-24(10-12-27(20)36-18-28(31)32)37(33,34)30-19-29(13-4-3-5-14-29)25-17-22(9-11-26(25)30)21-7-6-8-23(16-21)35-2/h6-12,15-17H,3-5,13-14,18-19H2,1-2H3,(H,31,32). The van der Waals surface area contributed by atoms with E-state index in [0.717, 1.165) is 60.2 Å². The van der Waals surface area contributed by atoms with Crippen molar-refractivity contribution >= 4 is 21.7 Å². The Hall–Kier alpha value is -3.52. The van der Waals surface area contributed by atoms with E-state index in [2.05, 4.69) is 6.07 Å². The topological polar surface area (TPSA) is 93.1 Å². The Labute approximate surface area is 217 Å². The zero-order valence-corrected chi connectivity index (χ0v) is 21.9. The monoisotopic (exact) mass is 521 g/mol. The van der Waals surface area contributed by atoms with Crippen molar-refractivity contribution < 1.29 is 27.8 Å². The van der Waals surface area contributed by atoms with Crippen molar-refractivity contribution in [2.45, 2.75) is 49.3 Å². The van der Waals surface area contributed by atoms with Gasteiger partial charge in [0, 0.05) is 12.0 Å². The van der Waals surface area contributed by atoms with E-state index in [1.54, 1.807) is 24.4 Å². The lowest BCUT2D eigenvalue weighted by Crippen LogP contribution is -2.38. The average Bonchev–Trinajstić information content (AvgIpc) is 3.22. The quantitative estimate of drug-likeness (QED) is 0.439. The minimum absolute atomic E-state index is 0.170. The van der Waals surface area contributed by atoms with Crippen LogP contribution in [0.25, 0.3) is 11.1 Å². The summed E-state index contributed by atoms with van der Waals surface area (Å²) in [6, 6.07) is 18.6. The highest BCUT2D eigenvalue weighted by Gasteiger charge is 2.47. The number of sulfonamides is 1. The summed E-state index contributed by atoms with van der Waals surface area (Å²) in [4.78, 5) is 11.0. The lowest BCUT2D eigenvalue weighted by atomic mass is 9.70. The first-order chi connectivity index (χ1) is 17.7. The van der Waals surface area contributed by atoms with E-state index in [9.17, 15) is 13.2 Å². The van der Waals surface area contributed by atoms with E-state index >= 15 is 0 Å². The van der Waals surface area contributed by atoms with Crippen molar-refractivity contribution in [2.24, 2.45) is 0 Å². The molecule has 0 bridgehead atoms. The minimum atomic E-state index is -3.84. The fourth-order valence-corrected chi connectivity index (χ4v) is 7.34. The molecule has 1 N–H and O–H groups in total. The number of carbonyl (C=O) groups is 1. The van der Waals surface area contributed by atoms with Crippen LogP contribution in [0.5, 0.6) is 11.5 Å². The first-order valence-electron chi connectivity index (χ1n) is 12.5. The van der Waals surface area contributed by atoms with Gasteiger partial charge in [-0.1, -0.05) is 37.5 Å². The van der Waals surface area contributed by atoms with Crippen LogP contribution in [-0.4, -0.2) is 39.8 Å². The molecule has 0 aromatic heterocycles. The Morgan fingerprint density at radius 3 is 2.46 bits per heavy atom. The summed E-state index contributed by atoms with van der Waals surface area (Å²) < 4.78 is 40.2. The zero-order valence-electron chi connectivity index (χ0n) is 21.1. The van der Waals surface area contributed by atoms with Gasteiger partial charge in [0.25, 0.3) is 10.0 Å². The Balaban J connectivity index is 1.55. The van der Waals surface area contributed by atoms with Gasteiger partial charge in [-0.15, -0.1) is 0 Å². The number of carboxylic acids is 1. The predicted molar refractivity (Wildman–Crippen MR) is 142 cm³/mol. The Kier molecular flexibility index (Phi) is 6.62. The summed E-state index contributed by atoms with van der Waals surface area (Å²) in [5.74, 6) is 0.0476. The maximum atomic E-state index is 14.0. The number of nitrogens with zero attached hydrogens (tertiary/aromatic N) is 1. The summed E-state index contributed by atoms with van der Waals surface area (Å²) in [6.07, 6.45) is 5.22. The summed E-state index contributed by atoms with van der Waals surface area (Å²) in [6.45, 7) is 1.66. The smallest absolute Gasteiger partial charge is 0.341 e. The van der Waals surface area contributed by atoms with Crippen molar-refractivity contribution in [3.63, 3.8) is 0 Å². The molecular formula is C29H31NO6S. The summed E-state index contributed by atoms with van der Waals surface area (Å²) >= 11 is 0.